The normalized spacial score (nSPS) is 16.2. The molecule has 4 heteroatoms. The standard InChI is InChI=1S/C15H20O2.C3H3NS/c1-12(13-8-4-2-5-9-13)17-15(16)14-10-6-3-7-11-14;1-2-5-3-4-1/h2,4-5,8-9,12,14H,3,6-7,10-11H2,1H3;1-3H/p+1. The number of thiazole rings is 1. The molecule has 1 saturated carbocycles. The average Bonchev–Trinajstić information content (AvgIpc) is 3.16. The van der Waals surface area contributed by atoms with E-state index in [9.17, 15) is 4.79 Å². The van der Waals surface area contributed by atoms with Gasteiger partial charge in [0.25, 0.3) is 0 Å². The molecule has 0 saturated heterocycles. The second-order valence-corrected chi connectivity index (χ2v) is 6.33. The number of aromatic amines is 1. The second kappa shape index (κ2) is 9.36. The average molecular weight is 318 g/mol. The van der Waals surface area contributed by atoms with E-state index in [2.05, 4.69) is 4.98 Å². The molecule has 0 aliphatic heterocycles. The molecular weight excluding hydrogens is 294 g/mol. The number of esters is 1. The molecule has 0 spiro atoms. The Morgan fingerprint density at radius 3 is 2.50 bits per heavy atom. The predicted octanol–water partition coefficient (Wildman–Crippen LogP) is 4.43. The van der Waals surface area contributed by atoms with Gasteiger partial charge in [-0.15, -0.1) is 0 Å². The number of carbonyl (C=O) groups excluding carboxylic acids is 1. The van der Waals surface area contributed by atoms with Crippen LogP contribution in [-0.2, 0) is 9.53 Å². The van der Waals surface area contributed by atoms with Crippen molar-refractivity contribution in [3.8, 4) is 0 Å². The lowest BCUT2D eigenvalue weighted by Crippen LogP contribution is -2.21. The number of benzene rings is 1. The summed E-state index contributed by atoms with van der Waals surface area (Å²) in [7, 11) is 0. The Morgan fingerprint density at radius 1 is 1.23 bits per heavy atom. The van der Waals surface area contributed by atoms with Gasteiger partial charge >= 0.3 is 5.97 Å². The van der Waals surface area contributed by atoms with Crippen molar-refractivity contribution in [3.63, 3.8) is 0 Å². The van der Waals surface area contributed by atoms with Crippen molar-refractivity contribution in [2.75, 3.05) is 0 Å². The number of aromatic nitrogens is 1. The third-order valence-corrected chi connectivity index (χ3v) is 4.44. The van der Waals surface area contributed by atoms with E-state index >= 15 is 0 Å². The molecule has 1 aliphatic carbocycles. The van der Waals surface area contributed by atoms with Gasteiger partial charge in [0, 0.05) is 0 Å². The summed E-state index contributed by atoms with van der Waals surface area (Å²) in [6, 6.07) is 9.91. The smallest absolute Gasteiger partial charge is 0.309 e. The summed E-state index contributed by atoms with van der Waals surface area (Å²) >= 11 is 1.66. The monoisotopic (exact) mass is 318 g/mol. The van der Waals surface area contributed by atoms with E-state index in [1.165, 1.54) is 19.3 Å². The van der Waals surface area contributed by atoms with E-state index in [-0.39, 0.29) is 18.0 Å². The molecule has 1 N–H and O–H groups in total. The highest BCUT2D eigenvalue weighted by Gasteiger charge is 2.24. The van der Waals surface area contributed by atoms with Crippen LogP contribution in [0.3, 0.4) is 0 Å². The van der Waals surface area contributed by atoms with Crippen molar-refractivity contribution in [2.24, 2.45) is 5.92 Å². The zero-order valence-corrected chi connectivity index (χ0v) is 13.9. The first kappa shape index (κ1) is 16.7. The van der Waals surface area contributed by atoms with Crippen molar-refractivity contribution >= 4 is 17.3 Å². The first-order chi connectivity index (χ1) is 10.8. The second-order valence-electron chi connectivity index (χ2n) is 5.55. The molecule has 0 amide bonds. The van der Waals surface area contributed by atoms with E-state index in [1.54, 1.807) is 11.3 Å². The van der Waals surface area contributed by atoms with Crippen LogP contribution in [0.1, 0.15) is 50.7 Å². The highest BCUT2D eigenvalue weighted by Crippen LogP contribution is 2.27. The highest BCUT2D eigenvalue weighted by atomic mass is 32.1. The molecule has 22 heavy (non-hydrogen) atoms. The lowest BCUT2D eigenvalue weighted by molar-refractivity contribution is -0.370. The molecule has 3 rings (SSSR count). The van der Waals surface area contributed by atoms with Crippen LogP contribution in [0.15, 0.2) is 47.4 Å². The Hall–Kier alpha value is -1.68. The van der Waals surface area contributed by atoms with Gasteiger partial charge in [-0.1, -0.05) is 60.9 Å². The fraction of sp³-hybridized carbons (Fsp3) is 0.444. The van der Waals surface area contributed by atoms with Crippen LogP contribution >= 0.6 is 11.3 Å². The maximum absolute atomic E-state index is 12.0. The number of ether oxygens (including phenoxy) is 1. The van der Waals surface area contributed by atoms with E-state index in [1.807, 2.05) is 54.3 Å². The van der Waals surface area contributed by atoms with Gasteiger partial charge in [-0.25, -0.2) is 4.98 Å². The van der Waals surface area contributed by atoms with Crippen LogP contribution in [0.4, 0.5) is 0 Å². The van der Waals surface area contributed by atoms with Crippen LogP contribution in [0.2, 0.25) is 0 Å². The van der Waals surface area contributed by atoms with E-state index in [0.717, 1.165) is 18.4 Å². The number of hydrogen-bond acceptors (Lipinski definition) is 3. The maximum Gasteiger partial charge on any atom is 0.309 e. The van der Waals surface area contributed by atoms with Gasteiger partial charge in [0.15, 0.2) is 6.20 Å². The fourth-order valence-corrected chi connectivity index (χ4v) is 2.99. The van der Waals surface area contributed by atoms with Crippen molar-refractivity contribution < 1.29 is 14.5 Å². The molecule has 0 radical (unpaired) electrons. The van der Waals surface area contributed by atoms with Gasteiger partial charge in [-0.05, 0) is 25.3 Å². The lowest BCUT2D eigenvalue weighted by Gasteiger charge is -2.22. The summed E-state index contributed by atoms with van der Waals surface area (Å²) < 4.78 is 5.54. The molecule has 0 bridgehead atoms. The minimum Gasteiger partial charge on any atom is -0.458 e. The minimum atomic E-state index is -0.134. The summed E-state index contributed by atoms with van der Waals surface area (Å²) in [5.74, 6) is 0.121. The van der Waals surface area contributed by atoms with Gasteiger partial charge in [0.2, 0.25) is 5.51 Å². The Kier molecular flexibility index (Phi) is 7.10. The molecule has 1 heterocycles. The summed E-state index contributed by atoms with van der Waals surface area (Å²) in [6.45, 7) is 1.94. The summed E-state index contributed by atoms with van der Waals surface area (Å²) in [4.78, 5) is 14.8. The van der Waals surface area contributed by atoms with Crippen LogP contribution in [0.25, 0.3) is 0 Å². The fourth-order valence-electron chi connectivity index (χ4n) is 2.60. The van der Waals surface area contributed by atoms with Gasteiger partial charge in [-0.2, -0.15) is 0 Å². The van der Waals surface area contributed by atoms with Crippen LogP contribution in [0, 0.1) is 5.92 Å². The molecule has 1 atom stereocenters. The molecule has 1 aromatic carbocycles. The lowest BCUT2D eigenvalue weighted by atomic mass is 9.89. The first-order valence-corrected chi connectivity index (χ1v) is 8.85. The Morgan fingerprint density at radius 2 is 1.95 bits per heavy atom. The van der Waals surface area contributed by atoms with E-state index in [4.69, 9.17) is 4.74 Å². The van der Waals surface area contributed by atoms with Crippen molar-refractivity contribution in [2.45, 2.75) is 45.1 Å². The van der Waals surface area contributed by atoms with Crippen molar-refractivity contribution in [1.82, 2.24) is 0 Å². The largest absolute Gasteiger partial charge is 0.458 e. The van der Waals surface area contributed by atoms with Gasteiger partial charge in [0.05, 0.1) is 11.3 Å². The Labute approximate surface area is 136 Å². The Bertz CT molecular complexity index is 504. The molecule has 1 aliphatic rings. The highest BCUT2D eigenvalue weighted by molar-refractivity contribution is 7.07. The molecule has 1 aromatic heterocycles. The van der Waals surface area contributed by atoms with Gasteiger partial charge in [0.1, 0.15) is 6.10 Å². The summed E-state index contributed by atoms with van der Waals surface area (Å²) in [6.07, 6.45) is 7.35. The minimum absolute atomic E-state index is 0.0129. The topological polar surface area (TPSA) is 40.4 Å². The van der Waals surface area contributed by atoms with Crippen LogP contribution in [-0.4, -0.2) is 5.97 Å². The number of hydrogen-bond donors (Lipinski definition) is 0. The van der Waals surface area contributed by atoms with Gasteiger partial charge < -0.3 is 4.74 Å². The first-order valence-electron chi connectivity index (χ1n) is 7.91. The number of rotatable bonds is 3. The third kappa shape index (κ3) is 5.60. The summed E-state index contributed by atoms with van der Waals surface area (Å²) in [5, 5.41) is 1.99. The third-order valence-electron chi connectivity index (χ3n) is 3.88. The maximum atomic E-state index is 12.0. The number of H-pyrrole nitrogens is 1. The van der Waals surface area contributed by atoms with Gasteiger partial charge in [-0.3, -0.25) is 4.79 Å². The molecule has 1 fully saturated rings. The Balaban J connectivity index is 0.000000299. The molecule has 2 aromatic rings. The van der Waals surface area contributed by atoms with Crippen molar-refractivity contribution in [1.29, 1.82) is 0 Å². The molecule has 118 valence electrons. The predicted molar refractivity (Wildman–Crippen MR) is 88.4 cm³/mol. The zero-order valence-electron chi connectivity index (χ0n) is 13.0. The molecular formula is C18H24NO2S+. The molecule has 3 nitrogen and oxygen atoms in total. The van der Waals surface area contributed by atoms with Crippen LogP contribution in [0.5, 0.6) is 0 Å². The number of carbonyl (C=O) groups is 1. The quantitative estimate of drug-likeness (QED) is 0.785. The van der Waals surface area contributed by atoms with E-state index in [0.29, 0.717) is 0 Å². The van der Waals surface area contributed by atoms with Crippen molar-refractivity contribution in [3.05, 3.63) is 53.0 Å². The van der Waals surface area contributed by atoms with Crippen LogP contribution < -0.4 is 4.98 Å². The number of nitrogens with one attached hydrogen (secondary N) is 1. The van der Waals surface area contributed by atoms with E-state index < -0.39 is 0 Å². The SMILES string of the molecule is CC(OC(=O)C1CCCCC1)c1ccccc1.c1csc[nH+]1. The zero-order chi connectivity index (χ0) is 15.6. The summed E-state index contributed by atoms with van der Waals surface area (Å²) in [5.41, 5.74) is 2.98. The molecule has 1 unspecified atom stereocenters.